The molecular formula is C10H16N4O. The Kier molecular flexibility index (Phi) is 4.40. The second-order valence-electron chi connectivity index (χ2n) is 3.15. The van der Waals surface area contributed by atoms with Crippen molar-refractivity contribution in [2.24, 2.45) is 5.73 Å². The number of primary amides is 1. The molecule has 15 heavy (non-hydrogen) atoms. The lowest BCUT2D eigenvalue weighted by Crippen LogP contribution is -2.22. The monoisotopic (exact) mass is 208 g/mol. The number of anilines is 2. The third-order valence-corrected chi connectivity index (χ3v) is 1.75. The number of hydrogen-bond acceptors (Lipinski definition) is 4. The number of pyridine rings is 1. The van der Waals surface area contributed by atoms with Gasteiger partial charge in [-0.05, 0) is 18.6 Å². The lowest BCUT2D eigenvalue weighted by atomic mass is 10.4. The maximum atomic E-state index is 10.5. The summed E-state index contributed by atoms with van der Waals surface area (Å²) in [6, 6.07) is 5.54. The minimum atomic E-state index is -0.399. The van der Waals surface area contributed by atoms with Crippen LogP contribution in [-0.2, 0) is 4.79 Å². The molecule has 0 unspecified atom stereocenters. The number of nitrogens with one attached hydrogen (secondary N) is 2. The van der Waals surface area contributed by atoms with Crippen molar-refractivity contribution in [1.29, 1.82) is 0 Å². The Morgan fingerprint density at radius 2 is 2.07 bits per heavy atom. The van der Waals surface area contributed by atoms with Gasteiger partial charge in [-0.3, -0.25) is 4.79 Å². The highest BCUT2D eigenvalue weighted by atomic mass is 16.1. The number of aromatic nitrogens is 1. The van der Waals surface area contributed by atoms with Crippen molar-refractivity contribution in [3.63, 3.8) is 0 Å². The van der Waals surface area contributed by atoms with Crippen LogP contribution in [-0.4, -0.2) is 24.0 Å². The minimum absolute atomic E-state index is 0.101. The third-order valence-electron chi connectivity index (χ3n) is 1.75. The summed E-state index contributed by atoms with van der Waals surface area (Å²) in [7, 11) is 0. The average Bonchev–Trinajstić information content (AvgIpc) is 2.24. The molecule has 0 bridgehead atoms. The highest BCUT2D eigenvalue weighted by Crippen LogP contribution is 2.08. The van der Waals surface area contributed by atoms with Gasteiger partial charge in [-0.2, -0.15) is 0 Å². The second kappa shape index (κ2) is 5.85. The molecule has 0 saturated carbocycles. The molecular weight excluding hydrogens is 192 g/mol. The number of hydrogen-bond donors (Lipinski definition) is 3. The van der Waals surface area contributed by atoms with E-state index in [2.05, 4.69) is 22.5 Å². The number of rotatable bonds is 6. The molecule has 1 aromatic rings. The maximum absolute atomic E-state index is 10.5. The van der Waals surface area contributed by atoms with Crippen molar-refractivity contribution >= 4 is 17.5 Å². The van der Waals surface area contributed by atoms with E-state index in [1.54, 1.807) is 6.07 Å². The van der Waals surface area contributed by atoms with Gasteiger partial charge in [0.25, 0.3) is 0 Å². The van der Waals surface area contributed by atoms with Gasteiger partial charge in [-0.15, -0.1) is 0 Å². The summed E-state index contributed by atoms with van der Waals surface area (Å²) >= 11 is 0. The summed E-state index contributed by atoms with van der Waals surface area (Å²) in [5.74, 6) is 1.05. The minimum Gasteiger partial charge on any atom is -0.370 e. The summed E-state index contributed by atoms with van der Waals surface area (Å²) in [5.41, 5.74) is 5.01. The van der Waals surface area contributed by atoms with E-state index in [-0.39, 0.29) is 6.54 Å². The van der Waals surface area contributed by atoms with Crippen LogP contribution in [0.15, 0.2) is 18.2 Å². The number of amides is 1. The van der Waals surface area contributed by atoms with Gasteiger partial charge >= 0.3 is 0 Å². The Hall–Kier alpha value is -1.78. The molecule has 0 radical (unpaired) electrons. The van der Waals surface area contributed by atoms with Gasteiger partial charge < -0.3 is 16.4 Å². The van der Waals surface area contributed by atoms with Crippen molar-refractivity contribution in [2.75, 3.05) is 23.7 Å². The smallest absolute Gasteiger partial charge is 0.236 e. The summed E-state index contributed by atoms with van der Waals surface area (Å²) in [5, 5.41) is 5.99. The Labute approximate surface area is 89.1 Å². The first-order chi connectivity index (χ1) is 7.22. The van der Waals surface area contributed by atoms with Crippen molar-refractivity contribution in [2.45, 2.75) is 13.3 Å². The van der Waals surface area contributed by atoms with Crippen LogP contribution in [0, 0.1) is 0 Å². The van der Waals surface area contributed by atoms with Crippen molar-refractivity contribution in [3.05, 3.63) is 18.2 Å². The van der Waals surface area contributed by atoms with E-state index in [4.69, 9.17) is 5.73 Å². The zero-order chi connectivity index (χ0) is 11.1. The molecule has 1 heterocycles. The van der Waals surface area contributed by atoms with Crippen LogP contribution >= 0.6 is 0 Å². The lowest BCUT2D eigenvalue weighted by Gasteiger charge is -2.06. The predicted octanol–water partition coefficient (Wildman–Crippen LogP) is 0.801. The van der Waals surface area contributed by atoms with Gasteiger partial charge in [-0.25, -0.2) is 4.98 Å². The van der Waals surface area contributed by atoms with Crippen LogP contribution in [0.4, 0.5) is 11.6 Å². The predicted molar refractivity (Wildman–Crippen MR) is 60.7 cm³/mol. The Balaban J connectivity index is 2.53. The third kappa shape index (κ3) is 4.30. The van der Waals surface area contributed by atoms with Crippen LogP contribution < -0.4 is 16.4 Å². The number of nitrogens with zero attached hydrogens (tertiary/aromatic N) is 1. The van der Waals surface area contributed by atoms with Gasteiger partial charge in [0.05, 0.1) is 6.54 Å². The highest BCUT2D eigenvalue weighted by molar-refractivity contribution is 5.78. The molecule has 4 N–H and O–H groups in total. The fraction of sp³-hybridized carbons (Fsp3) is 0.400. The van der Waals surface area contributed by atoms with Crippen molar-refractivity contribution < 1.29 is 4.79 Å². The normalized spacial score (nSPS) is 9.67. The van der Waals surface area contributed by atoms with E-state index in [1.807, 2.05) is 12.1 Å². The molecule has 0 aromatic carbocycles. The van der Waals surface area contributed by atoms with Gasteiger partial charge in [0.1, 0.15) is 11.6 Å². The SMILES string of the molecule is CCCNc1cccc(NCC(N)=O)n1. The van der Waals surface area contributed by atoms with E-state index in [1.165, 1.54) is 0 Å². The van der Waals surface area contributed by atoms with Crippen LogP contribution in [0.5, 0.6) is 0 Å². The topological polar surface area (TPSA) is 80.0 Å². The molecule has 0 atom stereocenters. The van der Waals surface area contributed by atoms with E-state index in [9.17, 15) is 4.79 Å². The molecule has 0 fully saturated rings. The molecule has 0 aliphatic heterocycles. The van der Waals surface area contributed by atoms with Gasteiger partial charge in [0, 0.05) is 6.54 Å². The zero-order valence-corrected chi connectivity index (χ0v) is 8.79. The first-order valence-corrected chi connectivity index (χ1v) is 4.95. The van der Waals surface area contributed by atoms with Crippen LogP contribution in [0.2, 0.25) is 0 Å². The van der Waals surface area contributed by atoms with Gasteiger partial charge in [0.15, 0.2) is 0 Å². The number of nitrogens with two attached hydrogens (primary N) is 1. The second-order valence-corrected chi connectivity index (χ2v) is 3.15. The Morgan fingerprint density at radius 1 is 1.40 bits per heavy atom. The summed E-state index contributed by atoms with van der Waals surface area (Å²) in [6.45, 7) is 3.07. The molecule has 1 amide bonds. The number of carbonyl (C=O) groups excluding carboxylic acids is 1. The molecule has 5 heteroatoms. The van der Waals surface area contributed by atoms with Crippen molar-refractivity contribution in [3.8, 4) is 0 Å². The fourth-order valence-electron chi connectivity index (χ4n) is 1.06. The van der Waals surface area contributed by atoms with E-state index in [0.717, 1.165) is 18.8 Å². The first-order valence-electron chi connectivity index (χ1n) is 4.95. The molecule has 0 aliphatic carbocycles. The molecule has 1 rings (SSSR count). The van der Waals surface area contributed by atoms with Crippen molar-refractivity contribution in [1.82, 2.24) is 4.98 Å². The standard InChI is InChI=1S/C10H16N4O/c1-2-6-12-9-4-3-5-10(14-9)13-7-8(11)15/h3-5H,2,6-7H2,1H3,(H2,11,15)(H2,12,13,14). The Bertz CT molecular complexity index is 327. The summed E-state index contributed by atoms with van der Waals surface area (Å²) < 4.78 is 0. The lowest BCUT2D eigenvalue weighted by molar-refractivity contribution is -0.116. The molecule has 82 valence electrons. The average molecular weight is 208 g/mol. The van der Waals surface area contributed by atoms with Crippen LogP contribution in [0.25, 0.3) is 0 Å². The van der Waals surface area contributed by atoms with E-state index >= 15 is 0 Å². The maximum Gasteiger partial charge on any atom is 0.236 e. The van der Waals surface area contributed by atoms with Crippen LogP contribution in [0.1, 0.15) is 13.3 Å². The van der Waals surface area contributed by atoms with E-state index < -0.39 is 5.91 Å². The summed E-state index contributed by atoms with van der Waals surface area (Å²) in [4.78, 5) is 14.8. The quantitative estimate of drug-likeness (QED) is 0.646. The van der Waals surface area contributed by atoms with Gasteiger partial charge in [-0.1, -0.05) is 13.0 Å². The Morgan fingerprint density at radius 3 is 2.67 bits per heavy atom. The fourth-order valence-corrected chi connectivity index (χ4v) is 1.06. The molecule has 0 spiro atoms. The van der Waals surface area contributed by atoms with E-state index in [0.29, 0.717) is 5.82 Å². The van der Waals surface area contributed by atoms with Gasteiger partial charge in [0.2, 0.25) is 5.91 Å². The molecule has 1 aromatic heterocycles. The highest BCUT2D eigenvalue weighted by Gasteiger charge is 1.98. The zero-order valence-electron chi connectivity index (χ0n) is 8.79. The summed E-state index contributed by atoms with van der Waals surface area (Å²) in [6.07, 6.45) is 1.04. The molecule has 5 nitrogen and oxygen atoms in total. The number of carbonyl (C=O) groups is 1. The molecule has 0 saturated heterocycles. The first kappa shape index (κ1) is 11.3. The largest absolute Gasteiger partial charge is 0.370 e. The molecule has 0 aliphatic rings. The van der Waals surface area contributed by atoms with Crippen LogP contribution in [0.3, 0.4) is 0 Å².